The van der Waals surface area contributed by atoms with Crippen LogP contribution in [-0.2, 0) is 0 Å². The molecule has 0 radical (unpaired) electrons. The number of nitrogens with one attached hydrogen (secondary N) is 1. The molecule has 0 bridgehead atoms. The number of carbonyl (C=O) groups is 1. The maximum absolute atomic E-state index is 12.4. The number of hydrogen-bond donors (Lipinski definition) is 2. The van der Waals surface area contributed by atoms with Crippen molar-refractivity contribution >= 4 is 5.91 Å². The number of aliphatic hydroxyl groups excluding tert-OH is 1. The van der Waals surface area contributed by atoms with E-state index in [2.05, 4.69) is 10.4 Å². The highest BCUT2D eigenvalue weighted by Gasteiger charge is 2.22. The first-order valence-corrected chi connectivity index (χ1v) is 7.39. The van der Waals surface area contributed by atoms with E-state index in [1.165, 1.54) is 0 Å². The monoisotopic (exact) mass is 297 g/mol. The number of aliphatic hydroxyl groups is 1. The Kier molecular flexibility index (Phi) is 4.06. The van der Waals surface area contributed by atoms with Gasteiger partial charge in [0.05, 0.1) is 23.1 Å². The zero-order valence-electron chi connectivity index (χ0n) is 12.4. The van der Waals surface area contributed by atoms with Crippen molar-refractivity contribution in [1.29, 1.82) is 0 Å². The van der Waals surface area contributed by atoms with E-state index in [0.29, 0.717) is 5.56 Å². The van der Waals surface area contributed by atoms with Crippen molar-refractivity contribution < 1.29 is 9.90 Å². The third-order valence-corrected chi connectivity index (χ3v) is 3.98. The Hall–Kier alpha value is -2.40. The van der Waals surface area contributed by atoms with Crippen LogP contribution >= 0.6 is 0 Å². The summed E-state index contributed by atoms with van der Waals surface area (Å²) in [5.74, 6) is 0.00589. The number of para-hydroxylation sites is 1. The van der Waals surface area contributed by atoms with Gasteiger partial charge in [-0.3, -0.25) is 4.79 Å². The molecule has 2 atom stereocenters. The Labute approximate surface area is 129 Å². The molecule has 1 aliphatic carbocycles. The first-order chi connectivity index (χ1) is 10.7. The van der Waals surface area contributed by atoms with E-state index in [0.717, 1.165) is 17.8 Å². The highest BCUT2D eigenvalue weighted by molar-refractivity contribution is 5.95. The first-order valence-electron chi connectivity index (χ1n) is 7.39. The molecule has 1 aliphatic rings. The van der Waals surface area contributed by atoms with Gasteiger partial charge >= 0.3 is 0 Å². The predicted octanol–water partition coefficient (Wildman–Crippen LogP) is 1.85. The van der Waals surface area contributed by atoms with Crippen LogP contribution in [0.1, 0.15) is 22.5 Å². The summed E-state index contributed by atoms with van der Waals surface area (Å²) in [6.45, 7) is 2.00. The minimum absolute atomic E-state index is 0.0240. The van der Waals surface area contributed by atoms with E-state index >= 15 is 0 Å². The predicted molar refractivity (Wildman–Crippen MR) is 83.9 cm³/mol. The highest BCUT2D eigenvalue weighted by atomic mass is 16.3. The molecule has 114 valence electrons. The number of benzene rings is 1. The van der Waals surface area contributed by atoms with E-state index in [4.69, 9.17) is 5.11 Å². The van der Waals surface area contributed by atoms with Crippen LogP contribution in [0.25, 0.3) is 5.69 Å². The van der Waals surface area contributed by atoms with Crippen molar-refractivity contribution in [2.75, 3.05) is 6.61 Å². The van der Waals surface area contributed by atoms with Gasteiger partial charge in [-0.25, -0.2) is 4.68 Å². The molecule has 3 rings (SSSR count). The SMILES string of the molecule is Cc1c(C(=O)N[C@@H]2C=C[C@H](CO)C2)cnn1-c1ccccc1. The second-order valence-corrected chi connectivity index (χ2v) is 5.53. The quantitative estimate of drug-likeness (QED) is 0.846. The number of hydrogen-bond acceptors (Lipinski definition) is 3. The zero-order chi connectivity index (χ0) is 15.5. The molecular weight excluding hydrogens is 278 g/mol. The molecule has 5 heteroatoms. The van der Waals surface area contributed by atoms with Crippen molar-refractivity contribution in [2.45, 2.75) is 19.4 Å². The van der Waals surface area contributed by atoms with Crippen LogP contribution < -0.4 is 5.32 Å². The van der Waals surface area contributed by atoms with Gasteiger partial charge in [-0.2, -0.15) is 5.10 Å². The van der Waals surface area contributed by atoms with Gasteiger partial charge in [-0.15, -0.1) is 0 Å². The largest absolute Gasteiger partial charge is 0.396 e. The van der Waals surface area contributed by atoms with Gasteiger partial charge < -0.3 is 10.4 Å². The van der Waals surface area contributed by atoms with E-state index < -0.39 is 0 Å². The summed E-state index contributed by atoms with van der Waals surface area (Å²) in [6, 6.07) is 9.70. The molecule has 2 N–H and O–H groups in total. The van der Waals surface area contributed by atoms with Crippen molar-refractivity contribution in [3.05, 3.63) is 59.9 Å². The molecule has 22 heavy (non-hydrogen) atoms. The van der Waals surface area contributed by atoms with Gasteiger partial charge in [0.25, 0.3) is 5.91 Å². The lowest BCUT2D eigenvalue weighted by atomic mass is 10.1. The zero-order valence-corrected chi connectivity index (χ0v) is 12.4. The Bertz CT molecular complexity index is 691. The molecule has 0 aliphatic heterocycles. The van der Waals surface area contributed by atoms with E-state index in [1.807, 2.05) is 49.4 Å². The van der Waals surface area contributed by atoms with Gasteiger partial charge in [0, 0.05) is 18.6 Å². The maximum Gasteiger partial charge on any atom is 0.255 e. The normalized spacial score (nSPS) is 20.3. The highest BCUT2D eigenvalue weighted by Crippen LogP contribution is 2.18. The number of rotatable bonds is 4. The molecule has 5 nitrogen and oxygen atoms in total. The third kappa shape index (κ3) is 2.80. The number of amides is 1. The molecule has 0 spiro atoms. The summed E-state index contributed by atoms with van der Waals surface area (Å²) < 4.78 is 1.76. The molecule has 0 saturated heterocycles. The lowest BCUT2D eigenvalue weighted by Crippen LogP contribution is -2.33. The summed E-state index contributed by atoms with van der Waals surface area (Å²) in [7, 11) is 0. The first kappa shape index (κ1) is 14.5. The molecule has 1 aromatic carbocycles. The summed E-state index contributed by atoms with van der Waals surface area (Å²) in [6.07, 6.45) is 6.23. The van der Waals surface area contributed by atoms with Crippen LogP contribution in [0.4, 0.5) is 0 Å². The molecular formula is C17H19N3O2. The summed E-state index contributed by atoms with van der Waals surface area (Å²) in [5, 5.41) is 16.4. The molecule has 0 saturated carbocycles. The average molecular weight is 297 g/mol. The van der Waals surface area contributed by atoms with Crippen molar-refractivity contribution in [3.63, 3.8) is 0 Å². The standard InChI is InChI=1S/C17H19N3O2/c1-12-16(10-18-20(12)15-5-3-2-4-6-15)17(22)19-14-8-7-13(9-14)11-21/h2-8,10,13-14,21H,9,11H2,1H3,(H,19,22)/t13-,14+/m0/s1. The Balaban J connectivity index is 1.75. The second-order valence-electron chi connectivity index (χ2n) is 5.53. The van der Waals surface area contributed by atoms with E-state index in [-0.39, 0.29) is 24.5 Å². The van der Waals surface area contributed by atoms with E-state index in [9.17, 15) is 4.79 Å². The van der Waals surface area contributed by atoms with Crippen molar-refractivity contribution in [2.24, 2.45) is 5.92 Å². The number of aromatic nitrogens is 2. The Morgan fingerprint density at radius 1 is 1.36 bits per heavy atom. The molecule has 2 aromatic rings. The van der Waals surface area contributed by atoms with Gasteiger partial charge in [-0.1, -0.05) is 30.4 Å². The molecule has 1 heterocycles. The number of nitrogens with zero attached hydrogens (tertiary/aromatic N) is 2. The Morgan fingerprint density at radius 3 is 2.82 bits per heavy atom. The smallest absolute Gasteiger partial charge is 0.255 e. The minimum atomic E-state index is -0.132. The van der Waals surface area contributed by atoms with Crippen molar-refractivity contribution in [1.82, 2.24) is 15.1 Å². The fourth-order valence-corrected chi connectivity index (χ4v) is 2.73. The van der Waals surface area contributed by atoms with Gasteiger partial charge in [0.2, 0.25) is 0 Å². The van der Waals surface area contributed by atoms with Crippen LogP contribution in [-0.4, -0.2) is 33.4 Å². The van der Waals surface area contributed by atoms with Crippen molar-refractivity contribution in [3.8, 4) is 5.69 Å². The van der Waals surface area contributed by atoms with E-state index in [1.54, 1.807) is 10.9 Å². The molecule has 1 aromatic heterocycles. The van der Waals surface area contributed by atoms with Crippen LogP contribution in [0.5, 0.6) is 0 Å². The molecule has 0 unspecified atom stereocenters. The van der Waals surface area contributed by atoms with Crippen LogP contribution in [0, 0.1) is 12.8 Å². The summed E-state index contributed by atoms with van der Waals surface area (Å²) >= 11 is 0. The second kappa shape index (κ2) is 6.15. The Morgan fingerprint density at radius 2 is 2.14 bits per heavy atom. The van der Waals surface area contributed by atoms with Crippen LogP contribution in [0.2, 0.25) is 0 Å². The summed E-state index contributed by atoms with van der Waals surface area (Å²) in [5.41, 5.74) is 2.31. The van der Waals surface area contributed by atoms with Crippen LogP contribution in [0.3, 0.4) is 0 Å². The fourth-order valence-electron chi connectivity index (χ4n) is 2.73. The number of carbonyl (C=O) groups excluding carboxylic acids is 1. The fraction of sp³-hybridized carbons (Fsp3) is 0.294. The summed E-state index contributed by atoms with van der Waals surface area (Å²) in [4.78, 5) is 12.4. The topological polar surface area (TPSA) is 67.2 Å². The van der Waals surface area contributed by atoms with Crippen LogP contribution in [0.15, 0.2) is 48.7 Å². The third-order valence-electron chi connectivity index (χ3n) is 3.98. The molecule has 1 amide bonds. The minimum Gasteiger partial charge on any atom is -0.396 e. The average Bonchev–Trinajstić information content (AvgIpc) is 3.14. The van der Waals surface area contributed by atoms with Gasteiger partial charge in [0.15, 0.2) is 0 Å². The maximum atomic E-state index is 12.4. The van der Waals surface area contributed by atoms with Gasteiger partial charge in [-0.05, 0) is 25.5 Å². The lowest BCUT2D eigenvalue weighted by molar-refractivity contribution is 0.0940. The molecule has 0 fully saturated rings. The van der Waals surface area contributed by atoms with Gasteiger partial charge in [0.1, 0.15) is 0 Å². The lowest BCUT2D eigenvalue weighted by Gasteiger charge is -2.12.